The monoisotopic (exact) mass is 253 g/mol. The number of nitrogens with zero attached hydrogens (tertiary/aromatic N) is 1. The number of rotatable bonds is 3. The maximum Gasteiger partial charge on any atom is 0.225 e. The van der Waals surface area contributed by atoms with Gasteiger partial charge in [-0.1, -0.05) is 17.7 Å². The normalized spacial score (nSPS) is 16.8. The molecule has 1 aromatic rings. The van der Waals surface area contributed by atoms with Crippen LogP contribution in [0, 0.1) is 5.92 Å². The van der Waals surface area contributed by atoms with Crippen molar-refractivity contribution < 1.29 is 4.79 Å². The van der Waals surface area contributed by atoms with E-state index in [4.69, 9.17) is 11.6 Å². The molecule has 0 spiro atoms. The highest BCUT2D eigenvalue weighted by Gasteiger charge is 2.16. The summed E-state index contributed by atoms with van der Waals surface area (Å²) in [5.41, 5.74) is 0. The largest absolute Gasteiger partial charge is 0.317 e. The van der Waals surface area contributed by atoms with Crippen molar-refractivity contribution >= 4 is 23.3 Å². The lowest BCUT2D eigenvalue weighted by atomic mass is 9.94. The number of aromatic nitrogens is 1. The van der Waals surface area contributed by atoms with E-state index >= 15 is 0 Å². The fraction of sp³-hybridized carbons (Fsp3) is 0.500. The van der Waals surface area contributed by atoms with E-state index in [0.717, 1.165) is 25.9 Å². The van der Waals surface area contributed by atoms with Gasteiger partial charge >= 0.3 is 0 Å². The molecule has 2 rings (SSSR count). The molecule has 1 saturated heterocycles. The van der Waals surface area contributed by atoms with Gasteiger partial charge in [-0.15, -0.1) is 0 Å². The Kier molecular flexibility index (Phi) is 4.34. The summed E-state index contributed by atoms with van der Waals surface area (Å²) in [5.74, 6) is 1.03. The molecule has 0 aromatic carbocycles. The third kappa shape index (κ3) is 3.98. The van der Waals surface area contributed by atoms with Crippen LogP contribution in [0.2, 0.25) is 5.15 Å². The van der Waals surface area contributed by atoms with Gasteiger partial charge in [0.1, 0.15) is 11.0 Å². The highest BCUT2D eigenvalue weighted by atomic mass is 35.5. The number of pyridine rings is 1. The molecule has 1 amide bonds. The number of hydrogen-bond donors (Lipinski definition) is 2. The lowest BCUT2D eigenvalue weighted by Gasteiger charge is -2.21. The molecule has 17 heavy (non-hydrogen) atoms. The van der Waals surface area contributed by atoms with Crippen molar-refractivity contribution in [2.45, 2.75) is 19.3 Å². The second kappa shape index (κ2) is 5.98. The first-order chi connectivity index (χ1) is 8.24. The molecular formula is C12H16ClN3O. The molecule has 2 heterocycles. The standard InChI is InChI=1S/C12H16ClN3O/c13-10-2-1-3-11(15-10)16-12(17)8-9-4-6-14-7-5-9/h1-3,9,14H,4-8H2,(H,15,16,17). The number of hydrogen-bond acceptors (Lipinski definition) is 3. The Morgan fingerprint density at radius 1 is 1.47 bits per heavy atom. The molecule has 92 valence electrons. The molecule has 1 aliphatic heterocycles. The molecule has 2 N–H and O–H groups in total. The summed E-state index contributed by atoms with van der Waals surface area (Å²) in [6.07, 6.45) is 2.70. The number of halogens is 1. The molecule has 1 fully saturated rings. The molecule has 0 unspecified atom stereocenters. The van der Waals surface area contributed by atoms with E-state index < -0.39 is 0 Å². The predicted molar refractivity (Wildman–Crippen MR) is 68.1 cm³/mol. The third-order valence-corrected chi connectivity index (χ3v) is 3.13. The topological polar surface area (TPSA) is 54.0 Å². The summed E-state index contributed by atoms with van der Waals surface area (Å²) in [5, 5.41) is 6.45. The quantitative estimate of drug-likeness (QED) is 0.811. The van der Waals surface area contributed by atoms with Crippen LogP contribution in [0.3, 0.4) is 0 Å². The minimum absolute atomic E-state index is 0.0201. The van der Waals surface area contributed by atoms with Crippen LogP contribution >= 0.6 is 11.6 Å². The Morgan fingerprint density at radius 3 is 2.94 bits per heavy atom. The highest BCUT2D eigenvalue weighted by Crippen LogP contribution is 2.17. The van der Waals surface area contributed by atoms with Gasteiger partial charge in [0.05, 0.1) is 0 Å². The third-order valence-electron chi connectivity index (χ3n) is 2.92. The van der Waals surface area contributed by atoms with E-state index in [1.54, 1.807) is 18.2 Å². The zero-order chi connectivity index (χ0) is 12.1. The minimum atomic E-state index is 0.0201. The molecule has 1 aromatic heterocycles. The van der Waals surface area contributed by atoms with Crippen molar-refractivity contribution in [2.24, 2.45) is 5.92 Å². The van der Waals surface area contributed by atoms with Crippen LogP contribution in [-0.4, -0.2) is 24.0 Å². The van der Waals surface area contributed by atoms with Gasteiger partial charge in [-0.25, -0.2) is 4.98 Å². The van der Waals surface area contributed by atoms with Crippen molar-refractivity contribution in [3.8, 4) is 0 Å². The van der Waals surface area contributed by atoms with Crippen LogP contribution in [0.5, 0.6) is 0 Å². The van der Waals surface area contributed by atoms with Crippen molar-refractivity contribution in [1.82, 2.24) is 10.3 Å². The summed E-state index contributed by atoms with van der Waals surface area (Å²) in [6, 6.07) is 5.20. The van der Waals surface area contributed by atoms with E-state index in [2.05, 4.69) is 15.6 Å². The van der Waals surface area contributed by atoms with Crippen molar-refractivity contribution in [3.63, 3.8) is 0 Å². The number of carbonyl (C=O) groups is 1. The predicted octanol–water partition coefficient (Wildman–Crippen LogP) is 2.06. The van der Waals surface area contributed by atoms with Gasteiger partial charge < -0.3 is 10.6 Å². The average Bonchev–Trinajstić information content (AvgIpc) is 2.30. The first-order valence-corrected chi connectivity index (χ1v) is 6.25. The lowest BCUT2D eigenvalue weighted by Crippen LogP contribution is -2.30. The summed E-state index contributed by atoms with van der Waals surface area (Å²) in [4.78, 5) is 15.8. The van der Waals surface area contributed by atoms with Crippen LogP contribution in [0.25, 0.3) is 0 Å². The summed E-state index contributed by atoms with van der Waals surface area (Å²) < 4.78 is 0. The Morgan fingerprint density at radius 2 is 2.24 bits per heavy atom. The number of carbonyl (C=O) groups excluding carboxylic acids is 1. The van der Waals surface area contributed by atoms with Crippen LogP contribution in [-0.2, 0) is 4.79 Å². The zero-order valence-corrected chi connectivity index (χ0v) is 10.3. The molecule has 0 radical (unpaired) electrons. The van der Waals surface area contributed by atoms with Crippen LogP contribution in [0.4, 0.5) is 5.82 Å². The number of anilines is 1. The number of piperidine rings is 1. The van der Waals surface area contributed by atoms with Crippen LogP contribution in [0.15, 0.2) is 18.2 Å². The molecule has 1 aliphatic rings. The molecule has 0 saturated carbocycles. The molecule has 5 heteroatoms. The van der Waals surface area contributed by atoms with E-state index in [-0.39, 0.29) is 5.91 Å². The first kappa shape index (κ1) is 12.3. The van der Waals surface area contributed by atoms with E-state index in [1.165, 1.54) is 0 Å². The lowest BCUT2D eigenvalue weighted by molar-refractivity contribution is -0.117. The highest BCUT2D eigenvalue weighted by molar-refractivity contribution is 6.29. The average molecular weight is 254 g/mol. The summed E-state index contributed by atoms with van der Waals surface area (Å²) >= 11 is 5.75. The molecule has 0 atom stereocenters. The van der Waals surface area contributed by atoms with Crippen molar-refractivity contribution in [1.29, 1.82) is 0 Å². The first-order valence-electron chi connectivity index (χ1n) is 5.87. The Labute approximate surface area is 106 Å². The van der Waals surface area contributed by atoms with Crippen LogP contribution in [0.1, 0.15) is 19.3 Å². The maximum atomic E-state index is 11.8. The summed E-state index contributed by atoms with van der Waals surface area (Å²) in [6.45, 7) is 2.01. The van der Waals surface area contributed by atoms with Crippen molar-refractivity contribution in [3.05, 3.63) is 23.4 Å². The fourth-order valence-corrected chi connectivity index (χ4v) is 2.18. The van der Waals surface area contributed by atoms with Crippen LogP contribution < -0.4 is 10.6 Å². The van der Waals surface area contributed by atoms with E-state index in [1.807, 2.05) is 0 Å². The van der Waals surface area contributed by atoms with E-state index in [9.17, 15) is 4.79 Å². The molecule has 4 nitrogen and oxygen atoms in total. The Balaban J connectivity index is 1.84. The van der Waals surface area contributed by atoms with Gasteiger partial charge in [-0.2, -0.15) is 0 Å². The molecule has 0 aliphatic carbocycles. The Hall–Kier alpha value is -1.13. The SMILES string of the molecule is O=C(CC1CCNCC1)Nc1cccc(Cl)n1. The van der Waals surface area contributed by atoms with Gasteiger partial charge in [-0.3, -0.25) is 4.79 Å². The molecular weight excluding hydrogens is 238 g/mol. The summed E-state index contributed by atoms with van der Waals surface area (Å²) in [7, 11) is 0. The van der Waals surface area contributed by atoms with Crippen molar-refractivity contribution in [2.75, 3.05) is 18.4 Å². The number of nitrogens with one attached hydrogen (secondary N) is 2. The maximum absolute atomic E-state index is 11.8. The molecule has 0 bridgehead atoms. The number of amides is 1. The van der Waals surface area contributed by atoms with Gasteiger partial charge in [0, 0.05) is 6.42 Å². The van der Waals surface area contributed by atoms with Gasteiger partial charge in [0.2, 0.25) is 5.91 Å². The second-order valence-corrected chi connectivity index (χ2v) is 4.68. The zero-order valence-electron chi connectivity index (χ0n) is 9.58. The van der Waals surface area contributed by atoms with Gasteiger partial charge in [-0.05, 0) is 44.0 Å². The smallest absolute Gasteiger partial charge is 0.225 e. The second-order valence-electron chi connectivity index (χ2n) is 4.29. The fourth-order valence-electron chi connectivity index (χ4n) is 2.02. The van der Waals surface area contributed by atoms with Gasteiger partial charge in [0.15, 0.2) is 0 Å². The van der Waals surface area contributed by atoms with Gasteiger partial charge in [0.25, 0.3) is 0 Å². The minimum Gasteiger partial charge on any atom is -0.317 e. The Bertz CT molecular complexity index is 391. The van der Waals surface area contributed by atoms with E-state index in [0.29, 0.717) is 23.3 Å².